The van der Waals surface area contributed by atoms with E-state index in [0.717, 1.165) is 18.4 Å². The van der Waals surface area contributed by atoms with Crippen LogP contribution in [0.1, 0.15) is 36.8 Å². The predicted molar refractivity (Wildman–Crippen MR) is 97.7 cm³/mol. The molecule has 3 nitrogen and oxygen atoms in total. The summed E-state index contributed by atoms with van der Waals surface area (Å²) in [5.41, 5.74) is 8.61. The number of rotatable bonds is 6. The second kappa shape index (κ2) is 7.63. The lowest BCUT2D eigenvalue weighted by molar-refractivity contribution is -0.122. The molecule has 2 aromatic rings. The van der Waals surface area contributed by atoms with E-state index in [4.69, 9.17) is 5.73 Å². The highest BCUT2D eigenvalue weighted by Crippen LogP contribution is 2.40. The molecule has 1 fully saturated rings. The fourth-order valence-corrected chi connectivity index (χ4v) is 3.76. The zero-order valence-electron chi connectivity index (χ0n) is 14.1. The number of hydrogen-bond donors (Lipinski definition) is 2. The predicted octanol–water partition coefficient (Wildman–Crippen LogP) is 3.18. The Balaban J connectivity index is 1.61. The van der Waals surface area contributed by atoms with E-state index in [1.165, 1.54) is 18.4 Å². The summed E-state index contributed by atoms with van der Waals surface area (Å²) >= 11 is 0. The normalized spacial score (nSPS) is 17.4. The van der Waals surface area contributed by atoms with Crippen LogP contribution in [-0.2, 0) is 16.6 Å². The zero-order valence-corrected chi connectivity index (χ0v) is 14.1. The molecule has 0 saturated heterocycles. The fraction of sp³-hybridized carbons (Fsp3) is 0.381. The van der Waals surface area contributed by atoms with Crippen LogP contribution in [0.3, 0.4) is 0 Å². The summed E-state index contributed by atoms with van der Waals surface area (Å²) in [6.45, 7) is 0.679. The molecule has 0 radical (unpaired) electrons. The molecule has 0 bridgehead atoms. The Kier molecular flexibility index (Phi) is 5.31. The molecule has 0 aliphatic heterocycles. The van der Waals surface area contributed by atoms with Crippen molar-refractivity contribution in [2.24, 2.45) is 5.73 Å². The van der Waals surface area contributed by atoms with Gasteiger partial charge in [-0.25, -0.2) is 0 Å². The van der Waals surface area contributed by atoms with Gasteiger partial charge in [0, 0.05) is 12.0 Å². The highest BCUT2D eigenvalue weighted by Gasteiger charge is 2.36. The van der Waals surface area contributed by atoms with E-state index in [9.17, 15) is 4.79 Å². The van der Waals surface area contributed by atoms with Crippen molar-refractivity contribution in [1.82, 2.24) is 5.32 Å². The Labute approximate surface area is 144 Å². The number of nitrogens with two attached hydrogens (primary N) is 1. The van der Waals surface area contributed by atoms with Crippen molar-refractivity contribution in [3.8, 4) is 0 Å². The summed E-state index contributed by atoms with van der Waals surface area (Å²) in [5, 5.41) is 3.12. The summed E-state index contributed by atoms with van der Waals surface area (Å²) in [6, 6.07) is 20.0. The molecule has 0 spiro atoms. The number of hydrogen-bond acceptors (Lipinski definition) is 2. The number of carbonyl (C=O) groups is 1. The lowest BCUT2D eigenvalue weighted by Gasteiger charge is -2.30. The van der Waals surface area contributed by atoms with Crippen molar-refractivity contribution >= 4 is 5.91 Å². The van der Waals surface area contributed by atoms with Crippen LogP contribution in [0.5, 0.6) is 0 Å². The Morgan fingerprint density at radius 1 is 1.00 bits per heavy atom. The van der Waals surface area contributed by atoms with Crippen LogP contribution in [0.25, 0.3) is 0 Å². The summed E-state index contributed by atoms with van der Waals surface area (Å²) < 4.78 is 0. The minimum atomic E-state index is -0.498. The van der Waals surface area contributed by atoms with Gasteiger partial charge >= 0.3 is 0 Å². The minimum Gasteiger partial charge on any atom is -0.354 e. The van der Waals surface area contributed by atoms with Crippen LogP contribution in [0.2, 0.25) is 0 Å². The molecule has 24 heavy (non-hydrogen) atoms. The van der Waals surface area contributed by atoms with E-state index in [-0.39, 0.29) is 11.3 Å². The molecule has 3 rings (SSSR count). The molecule has 1 unspecified atom stereocenters. The van der Waals surface area contributed by atoms with Crippen molar-refractivity contribution < 1.29 is 4.79 Å². The van der Waals surface area contributed by atoms with Crippen LogP contribution in [0, 0.1) is 0 Å². The summed E-state index contributed by atoms with van der Waals surface area (Å²) in [4.78, 5) is 12.4. The summed E-state index contributed by atoms with van der Waals surface area (Å²) in [5.74, 6) is -0.0546. The molecular formula is C21H26N2O. The van der Waals surface area contributed by atoms with Gasteiger partial charge < -0.3 is 11.1 Å². The average Bonchev–Trinajstić information content (AvgIpc) is 3.11. The molecule has 2 aromatic carbocycles. The zero-order chi connectivity index (χ0) is 16.8. The van der Waals surface area contributed by atoms with E-state index in [1.54, 1.807) is 0 Å². The van der Waals surface area contributed by atoms with Gasteiger partial charge in [0.05, 0.1) is 6.04 Å². The maximum Gasteiger partial charge on any atom is 0.237 e. The van der Waals surface area contributed by atoms with Gasteiger partial charge in [-0.05, 0) is 30.4 Å². The van der Waals surface area contributed by atoms with Gasteiger partial charge in [-0.1, -0.05) is 73.5 Å². The number of amides is 1. The quantitative estimate of drug-likeness (QED) is 0.858. The topological polar surface area (TPSA) is 55.1 Å². The monoisotopic (exact) mass is 322 g/mol. The van der Waals surface area contributed by atoms with Crippen molar-refractivity contribution in [3.63, 3.8) is 0 Å². The molecule has 3 N–H and O–H groups in total. The minimum absolute atomic E-state index is 0.0546. The molecular weight excluding hydrogens is 296 g/mol. The van der Waals surface area contributed by atoms with Crippen molar-refractivity contribution in [1.29, 1.82) is 0 Å². The Morgan fingerprint density at radius 2 is 1.58 bits per heavy atom. The largest absolute Gasteiger partial charge is 0.354 e. The molecule has 1 saturated carbocycles. The van der Waals surface area contributed by atoms with E-state index in [0.29, 0.717) is 13.0 Å². The van der Waals surface area contributed by atoms with Gasteiger partial charge in [-0.2, -0.15) is 0 Å². The lowest BCUT2D eigenvalue weighted by atomic mass is 9.79. The van der Waals surface area contributed by atoms with E-state index < -0.39 is 6.04 Å². The molecule has 1 aliphatic rings. The standard InChI is InChI=1S/C21H26N2O/c22-19(15-17-9-3-1-4-10-17)20(24)23-16-21(13-7-8-14-21)18-11-5-2-6-12-18/h1-6,9-12,19H,7-8,13-16,22H2,(H,23,24). The fourth-order valence-electron chi connectivity index (χ4n) is 3.76. The number of benzene rings is 2. The smallest absolute Gasteiger partial charge is 0.237 e. The first-order chi connectivity index (χ1) is 11.7. The Hall–Kier alpha value is -2.13. The first kappa shape index (κ1) is 16.7. The third-order valence-corrected chi connectivity index (χ3v) is 5.18. The molecule has 126 valence electrons. The van der Waals surface area contributed by atoms with Crippen LogP contribution in [0.15, 0.2) is 60.7 Å². The highest BCUT2D eigenvalue weighted by atomic mass is 16.2. The summed E-state index contributed by atoms with van der Waals surface area (Å²) in [7, 11) is 0. The maximum atomic E-state index is 12.4. The third-order valence-electron chi connectivity index (χ3n) is 5.18. The van der Waals surface area contributed by atoms with Crippen molar-refractivity contribution in [3.05, 3.63) is 71.8 Å². The first-order valence-corrected chi connectivity index (χ1v) is 8.82. The second-order valence-corrected chi connectivity index (χ2v) is 6.87. The van der Waals surface area contributed by atoms with Gasteiger partial charge in [-0.15, -0.1) is 0 Å². The van der Waals surface area contributed by atoms with E-state index in [2.05, 4.69) is 29.6 Å². The molecule has 0 aromatic heterocycles. The van der Waals surface area contributed by atoms with E-state index in [1.807, 2.05) is 36.4 Å². The Morgan fingerprint density at radius 3 is 2.21 bits per heavy atom. The average molecular weight is 322 g/mol. The summed E-state index contributed by atoms with van der Waals surface area (Å²) in [6.07, 6.45) is 5.28. The highest BCUT2D eigenvalue weighted by molar-refractivity contribution is 5.81. The van der Waals surface area contributed by atoms with Gasteiger partial charge in [0.1, 0.15) is 0 Å². The van der Waals surface area contributed by atoms with E-state index >= 15 is 0 Å². The first-order valence-electron chi connectivity index (χ1n) is 8.82. The maximum absolute atomic E-state index is 12.4. The van der Waals surface area contributed by atoms with Gasteiger partial charge in [0.15, 0.2) is 0 Å². The van der Waals surface area contributed by atoms with Crippen LogP contribution >= 0.6 is 0 Å². The molecule has 0 heterocycles. The van der Waals surface area contributed by atoms with Crippen LogP contribution < -0.4 is 11.1 Å². The molecule has 1 atom stereocenters. The Bertz CT molecular complexity index is 648. The third kappa shape index (κ3) is 3.85. The molecule has 1 amide bonds. The number of nitrogens with one attached hydrogen (secondary N) is 1. The van der Waals surface area contributed by atoms with Gasteiger partial charge in [0.25, 0.3) is 0 Å². The van der Waals surface area contributed by atoms with Crippen molar-refractivity contribution in [2.45, 2.75) is 43.6 Å². The van der Waals surface area contributed by atoms with Crippen molar-refractivity contribution in [2.75, 3.05) is 6.54 Å². The van der Waals surface area contributed by atoms with Gasteiger partial charge in [0.2, 0.25) is 5.91 Å². The molecule has 3 heteroatoms. The van der Waals surface area contributed by atoms with Crippen LogP contribution in [-0.4, -0.2) is 18.5 Å². The van der Waals surface area contributed by atoms with Crippen LogP contribution in [0.4, 0.5) is 0 Å². The lowest BCUT2D eigenvalue weighted by Crippen LogP contribution is -2.47. The number of carbonyl (C=O) groups excluding carboxylic acids is 1. The SMILES string of the molecule is NC(Cc1ccccc1)C(=O)NCC1(c2ccccc2)CCCC1. The second-order valence-electron chi connectivity index (χ2n) is 6.87. The van der Waals surface area contributed by atoms with Gasteiger partial charge in [-0.3, -0.25) is 4.79 Å². The molecule has 1 aliphatic carbocycles.